The average molecular weight is 1300 g/mol. The van der Waals surface area contributed by atoms with Gasteiger partial charge in [0.1, 0.15) is 45.7 Å². The number of thioether (sulfide) groups is 1. The van der Waals surface area contributed by atoms with Gasteiger partial charge in [0.2, 0.25) is 41.4 Å². The molecule has 1 heterocycles. The average Bonchev–Trinajstić information content (AvgIpc) is 1.47. The normalized spacial score (nSPS) is 25.1. The van der Waals surface area contributed by atoms with Crippen LogP contribution in [-0.2, 0) is 52.7 Å². The Labute approximate surface area is 532 Å². The zero-order valence-corrected chi connectivity index (χ0v) is 54.5. The number of aliphatic hydroxyl groups is 6. The quantitative estimate of drug-likeness (QED) is 0.0117. The Morgan fingerprint density at radius 1 is 0.722 bits per heavy atom. The van der Waals surface area contributed by atoms with Gasteiger partial charge in [0.25, 0.3) is 5.84 Å². The summed E-state index contributed by atoms with van der Waals surface area (Å²) in [4.78, 5) is 131. The van der Waals surface area contributed by atoms with Gasteiger partial charge < -0.3 is 93.5 Å². The van der Waals surface area contributed by atoms with Gasteiger partial charge in [-0.15, -0.1) is 11.8 Å². The Hall–Kier alpha value is -5.70. The number of carboxylic acid groups (broad SMARTS) is 1. The van der Waals surface area contributed by atoms with Crippen molar-refractivity contribution in [2.75, 3.05) is 58.7 Å². The second-order valence-electron chi connectivity index (χ2n) is 24.0. The van der Waals surface area contributed by atoms with Gasteiger partial charge in [-0.1, -0.05) is 57.6 Å². The summed E-state index contributed by atoms with van der Waals surface area (Å²) >= 11 is 0.982. The van der Waals surface area contributed by atoms with Crippen LogP contribution in [0.4, 0.5) is 0 Å². The van der Waals surface area contributed by atoms with Crippen LogP contribution in [0.1, 0.15) is 164 Å². The van der Waals surface area contributed by atoms with Crippen LogP contribution in [0.2, 0.25) is 0 Å². The van der Waals surface area contributed by atoms with E-state index >= 15 is 0 Å². The van der Waals surface area contributed by atoms with Gasteiger partial charge in [0.15, 0.2) is 5.78 Å². The molecule has 2 aliphatic rings. The fraction of sp³-hybridized carbons (Fsp3) is 0.783. The van der Waals surface area contributed by atoms with E-state index < -0.39 is 131 Å². The number of unbranched alkanes of at least 4 members (excludes halogenated alkanes) is 5. The molecule has 13 atom stereocenters. The number of carboxylic acids is 1. The molecule has 1 aliphatic heterocycles. The summed E-state index contributed by atoms with van der Waals surface area (Å²) < 4.78 is 5.92. The summed E-state index contributed by atoms with van der Waals surface area (Å²) in [7, 11) is 1.39. The monoisotopic (exact) mass is 1300 g/mol. The summed E-state index contributed by atoms with van der Waals surface area (Å²) in [5, 5.41) is 96.6. The van der Waals surface area contributed by atoms with E-state index in [1.165, 1.54) is 41.7 Å². The Morgan fingerprint density at radius 3 is 1.77 bits per heavy atom. The molecule has 29 nitrogen and oxygen atoms in total. The lowest BCUT2D eigenvalue weighted by molar-refractivity contribution is -0.455. The van der Waals surface area contributed by atoms with Crippen molar-refractivity contribution in [1.82, 2.24) is 42.5 Å². The third-order valence-electron chi connectivity index (χ3n) is 17.0. The molecule has 2 fully saturated rings. The van der Waals surface area contributed by atoms with E-state index in [4.69, 9.17) is 10.5 Å². The minimum absolute atomic E-state index is 0.00509. The number of aliphatic carboxylic acids is 1. The SMILES string of the molecule is CCCCCC(O)/C=C/C1C(O)CC(=O)C1CCCCCCC(=O)NCCNC(=O)CCC(NC(=O)C(CCC(=O)NCC[NH+]=C(N)CSC1(C)OC(CO)C(C)(O)C(C)(O)C1(C)O)NC(=O)C(CCC(=O)NCC[NH3+])NC(=O)C(CCC(=O)[O-])NC)C(C)=O. The maximum absolute atomic E-state index is 14.1. The number of aliphatic hydroxyl groups excluding tert-OH is 3. The highest BCUT2D eigenvalue weighted by atomic mass is 32.2. The lowest BCUT2D eigenvalue weighted by Gasteiger charge is -2.61. The number of ketones is 2. The second-order valence-corrected chi connectivity index (χ2v) is 25.4. The summed E-state index contributed by atoms with van der Waals surface area (Å²) in [6.07, 6.45) is 5.64. The van der Waals surface area contributed by atoms with Crippen molar-refractivity contribution in [3.05, 3.63) is 12.2 Å². The maximum atomic E-state index is 14.1. The Bertz CT molecular complexity index is 2420. The van der Waals surface area contributed by atoms with Crippen LogP contribution >= 0.6 is 11.8 Å². The first-order valence-corrected chi connectivity index (χ1v) is 32.5. The van der Waals surface area contributed by atoms with Crippen LogP contribution in [-0.4, -0.2) is 218 Å². The number of hydrogen-bond donors (Lipinski definition) is 17. The second kappa shape index (κ2) is 40.3. The van der Waals surface area contributed by atoms with E-state index in [9.17, 15) is 83.7 Å². The number of hydrogen-bond acceptors (Lipinski definition) is 20. The summed E-state index contributed by atoms with van der Waals surface area (Å²) in [6, 6.07) is -5.44. The number of likely N-dealkylation sites (N-methyl/N-ethyl adjacent to an activating group) is 1. The smallest absolute Gasteiger partial charge is 0.250 e. The number of carbonyl (C=O) groups excluding carboxylic acids is 10. The van der Waals surface area contributed by atoms with E-state index in [-0.39, 0.29) is 119 Å². The van der Waals surface area contributed by atoms with Crippen LogP contribution in [0.3, 0.4) is 0 Å². The summed E-state index contributed by atoms with van der Waals surface area (Å²) in [5.41, 5.74) is 3.64. The van der Waals surface area contributed by atoms with E-state index in [1.807, 2.05) is 0 Å². The highest BCUT2D eigenvalue weighted by Gasteiger charge is 2.70. The summed E-state index contributed by atoms with van der Waals surface area (Å²) in [6.45, 7) is 8.61. The predicted octanol–water partition coefficient (Wildman–Crippen LogP) is -5.87. The molecule has 0 bridgehead atoms. The lowest BCUT2D eigenvalue weighted by atomic mass is 9.66. The van der Waals surface area contributed by atoms with Gasteiger partial charge in [-0.05, 0) is 93.0 Å². The molecule has 1 aliphatic carbocycles. The number of amides is 7. The van der Waals surface area contributed by atoms with Crippen LogP contribution < -0.4 is 64.1 Å². The fourth-order valence-corrected chi connectivity index (χ4v) is 11.8. The van der Waals surface area contributed by atoms with E-state index in [0.717, 1.165) is 50.3 Å². The van der Waals surface area contributed by atoms with Gasteiger partial charge in [-0.2, -0.15) is 0 Å². The molecule has 0 spiro atoms. The Morgan fingerprint density at radius 2 is 1.23 bits per heavy atom. The molecule has 2 rings (SSSR count). The van der Waals surface area contributed by atoms with Crippen LogP contribution in [0, 0.1) is 11.8 Å². The molecule has 0 aromatic rings. The van der Waals surface area contributed by atoms with Crippen molar-refractivity contribution in [1.29, 1.82) is 0 Å². The molecule has 90 heavy (non-hydrogen) atoms. The van der Waals surface area contributed by atoms with E-state index in [0.29, 0.717) is 25.8 Å². The van der Waals surface area contributed by atoms with Gasteiger partial charge in [0.05, 0.1) is 62.8 Å². The number of nitrogens with one attached hydrogen (secondary N) is 9. The first-order chi connectivity index (χ1) is 42.3. The third kappa shape index (κ3) is 26.5. The Kier molecular flexibility index (Phi) is 36.0. The van der Waals surface area contributed by atoms with Crippen molar-refractivity contribution in [3.63, 3.8) is 0 Å². The molecule has 1 saturated heterocycles. The third-order valence-corrected chi connectivity index (χ3v) is 18.5. The number of nitrogens with two attached hydrogens (primary N) is 1. The van der Waals surface area contributed by atoms with Crippen molar-refractivity contribution < 1.29 is 99.2 Å². The van der Waals surface area contributed by atoms with Crippen molar-refractivity contribution in [2.24, 2.45) is 17.6 Å². The van der Waals surface area contributed by atoms with Crippen molar-refractivity contribution in [2.45, 2.75) is 228 Å². The minimum Gasteiger partial charge on any atom is -0.550 e. The molecule has 30 heteroatoms. The van der Waals surface area contributed by atoms with Gasteiger partial charge >= 0.3 is 0 Å². The zero-order chi connectivity index (χ0) is 67.8. The van der Waals surface area contributed by atoms with Crippen molar-refractivity contribution >= 4 is 76.5 Å². The largest absolute Gasteiger partial charge is 0.550 e. The lowest BCUT2D eigenvalue weighted by Crippen LogP contribution is -2.80. The number of rotatable bonds is 45. The Balaban J connectivity index is 2.09. The molecular formula is C60H106N11O18S+. The van der Waals surface area contributed by atoms with Gasteiger partial charge in [-0.3, -0.25) is 53.9 Å². The van der Waals surface area contributed by atoms with Crippen LogP contribution in [0.25, 0.3) is 0 Å². The number of quaternary nitrogens is 1. The topological polar surface area (TPSA) is 488 Å². The molecule has 13 unspecified atom stereocenters. The number of Topliss-reactive ketones (excluding diaryl/α,β-unsaturated/α-hetero) is 2. The molecule has 0 radical (unpaired) electrons. The first kappa shape index (κ1) is 80.4. The fourth-order valence-electron chi connectivity index (χ4n) is 10.6. The number of carbonyl (C=O) groups is 10. The van der Waals surface area contributed by atoms with E-state index in [2.05, 4.69) is 60.2 Å². The molecule has 1 saturated carbocycles. The highest BCUT2D eigenvalue weighted by Crippen LogP contribution is 2.53. The van der Waals surface area contributed by atoms with Crippen LogP contribution in [0.5, 0.6) is 0 Å². The molecule has 0 aromatic carbocycles. The van der Waals surface area contributed by atoms with Crippen molar-refractivity contribution in [3.8, 4) is 0 Å². The summed E-state index contributed by atoms with van der Waals surface area (Å²) in [5.74, 6) is -7.01. The molecule has 0 aromatic heterocycles. The predicted molar refractivity (Wildman–Crippen MR) is 330 cm³/mol. The molecule has 7 amide bonds. The van der Waals surface area contributed by atoms with E-state index in [1.54, 1.807) is 12.2 Å². The molecular weight excluding hydrogens is 1190 g/mol. The standard InChI is InChI=1S/C60H105N11O18S/c1-8-9-12-15-38(74)18-19-40-39(45(75)34-46(40)76)16-13-10-11-14-17-49(77)66-32-33-68-51(79)24-20-41(37(2)73)69-55(84)43(71-56(85)44(21-25-50(78)65-29-28-61)70-54(83)42(63-7)23-27-53(81)82)22-26-52(80)67-31-30-64-48(62)36-90-60(6)59(5,88)58(4,87)57(3,86)47(35-72)89-60/h18-19,38-44,46-47,63,72,74,76,86-88H,8-17,20-36,61H2,1-7H3,(H2,62,64)(H,65,78)(H,66,77)(H,67,80)(H,68,79)(H,69,84)(H,70,83)(H,71,85)(H,81,82)/p+1/b19-18+. The maximum Gasteiger partial charge on any atom is 0.250 e. The van der Waals surface area contributed by atoms with Crippen LogP contribution in [0.15, 0.2) is 12.2 Å². The molecule has 514 valence electrons. The minimum atomic E-state index is -2.15. The molecule has 20 N–H and O–H groups in total. The first-order valence-electron chi connectivity index (χ1n) is 31.5. The zero-order valence-electron chi connectivity index (χ0n) is 53.7. The van der Waals surface area contributed by atoms with Gasteiger partial charge in [0, 0.05) is 63.0 Å². The number of amidine groups is 1. The van der Waals surface area contributed by atoms with Gasteiger partial charge in [-0.25, -0.2) is 0 Å². The highest BCUT2D eigenvalue weighted by molar-refractivity contribution is 8.01. The number of ether oxygens (including phenoxy) is 1.